The lowest BCUT2D eigenvalue weighted by Crippen LogP contribution is -2.29. The summed E-state index contributed by atoms with van der Waals surface area (Å²) in [5, 5.41) is 42.4. The molecule has 4 N–H and O–H groups in total. The average Bonchev–Trinajstić information content (AvgIpc) is 1.60. The third kappa shape index (κ3) is 32.3. The van der Waals surface area contributed by atoms with E-state index >= 15 is 0 Å². The molecule has 0 aromatic heterocycles. The molecule has 135 heavy (non-hydrogen) atoms. The SMILES string of the molecule is C(/C=C/Nc1ccccc1)=Nc1ccccc1.CC1=[N+](CCCCCC(=O)O)c2ccc(C)cc2C1(C)C.CC1=[N+](CCOCCOCCOCCOCc2ccc([N+](=O)[O-])cc2)c2ccc(C)cc2C1(C)C.Cc1ccc2c(c1)C(C)(C)C(=CC=CC=CC1=[N+](CCCCCC(=O)O)c3ccc(S(=O)(=O)O)cc3C1(C)C)N2CCOCCOCCOCCOCc1ccc([N+](=O)[O-])cc1. The Morgan fingerprint density at radius 1 is 0.444 bits per heavy atom. The summed E-state index contributed by atoms with van der Waals surface area (Å²) in [6.07, 6.45) is 20.9. The Morgan fingerprint density at radius 3 is 1.35 bits per heavy atom. The van der Waals surface area contributed by atoms with Crippen LogP contribution in [0, 0.1) is 41.0 Å². The lowest BCUT2D eigenvalue weighted by atomic mass is 9.81. The number of rotatable bonds is 50. The van der Waals surface area contributed by atoms with Crippen LogP contribution in [0.4, 0.5) is 45.5 Å². The van der Waals surface area contributed by atoms with Gasteiger partial charge in [0.25, 0.3) is 21.5 Å². The molecule has 0 unspecified atom stereocenters. The van der Waals surface area contributed by atoms with Crippen LogP contribution in [-0.2, 0) is 92.5 Å². The van der Waals surface area contributed by atoms with Gasteiger partial charge in [-0.1, -0.05) is 109 Å². The zero-order chi connectivity index (χ0) is 97.6. The zero-order valence-corrected chi connectivity index (χ0v) is 81.5. The summed E-state index contributed by atoms with van der Waals surface area (Å²) < 4.78 is 86.1. The molecule has 0 spiro atoms. The molecule has 8 aromatic carbocycles. The molecule has 4 aliphatic heterocycles. The quantitative estimate of drug-likeness (QED) is 0.00523. The number of hydrogen-bond donors (Lipinski definition) is 4. The Labute approximate surface area is 796 Å². The van der Waals surface area contributed by atoms with E-state index in [1.165, 1.54) is 86.5 Å². The first-order valence-corrected chi connectivity index (χ1v) is 47.8. The summed E-state index contributed by atoms with van der Waals surface area (Å²) in [6, 6.07) is 57.1. The molecule has 722 valence electrons. The Morgan fingerprint density at radius 2 is 0.867 bits per heavy atom. The minimum Gasteiger partial charge on any atom is -0.481 e. The second kappa shape index (κ2) is 53.0. The van der Waals surface area contributed by atoms with E-state index in [2.05, 4.69) is 166 Å². The maximum atomic E-state index is 12.1. The van der Waals surface area contributed by atoms with Gasteiger partial charge in [-0.25, -0.2) is 0 Å². The number of nitro groups is 2. The number of nitro benzene ring substituents is 2. The first kappa shape index (κ1) is 107. The predicted molar refractivity (Wildman–Crippen MR) is 533 cm³/mol. The molecule has 0 fully saturated rings. The molecular formula is C107H137N8O19S+3. The summed E-state index contributed by atoms with van der Waals surface area (Å²) in [4.78, 5) is 48.6. The average molecular weight is 1870 g/mol. The highest BCUT2D eigenvalue weighted by Gasteiger charge is 2.47. The first-order valence-electron chi connectivity index (χ1n) is 46.4. The number of anilines is 2. The van der Waals surface area contributed by atoms with E-state index in [1.54, 1.807) is 42.6 Å². The molecule has 0 saturated heterocycles. The molecule has 27 nitrogen and oxygen atoms in total. The van der Waals surface area contributed by atoms with Crippen LogP contribution in [0.5, 0.6) is 0 Å². The van der Waals surface area contributed by atoms with E-state index in [9.17, 15) is 42.8 Å². The first-order chi connectivity index (χ1) is 64.6. The number of fused-ring (bicyclic) bond motifs is 4. The molecule has 0 bridgehead atoms. The van der Waals surface area contributed by atoms with Crippen molar-refractivity contribution in [1.29, 1.82) is 0 Å². The molecule has 0 aliphatic carbocycles. The third-order valence-electron chi connectivity index (χ3n) is 24.5. The van der Waals surface area contributed by atoms with Crippen LogP contribution in [0.1, 0.15) is 171 Å². The van der Waals surface area contributed by atoms with E-state index in [4.69, 9.17) is 48.1 Å². The van der Waals surface area contributed by atoms with Crippen molar-refractivity contribution >= 4 is 90.9 Å². The number of aryl methyl sites for hydroxylation is 3. The fourth-order valence-corrected chi connectivity index (χ4v) is 17.0. The molecule has 0 saturated carbocycles. The molecule has 4 heterocycles. The number of aliphatic imine (C=N–C) groups is 1. The van der Waals surface area contributed by atoms with Crippen LogP contribution in [0.25, 0.3) is 0 Å². The van der Waals surface area contributed by atoms with Gasteiger partial charge in [-0.2, -0.15) is 22.1 Å². The number of carbonyl (C=O) groups is 2. The summed E-state index contributed by atoms with van der Waals surface area (Å²) in [6.45, 7) is 39.0. The largest absolute Gasteiger partial charge is 0.481 e. The molecule has 8 aromatic rings. The summed E-state index contributed by atoms with van der Waals surface area (Å²) in [5.41, 5.74) is 21.3. The number of carboxylic acid groups (broad SMARTS) is 2. The number of aliphatic carboxylic acids is 2. The van der Waals surface area contributed by atoms with Crippen molar-refractivity contribution < 1.29 is 94.2 Å². The molecular weight excluding hydrogens is 1730 g/mol. The highest BCUT2D eigenvalue weighted by atomic mass is 32.2. The highest BCUT2D eigenvalue weighted by Crippen LogP contribution is 2.49. The van der Waals surface area contributed by atoms with Gasteiger partial charge in [-0.15, -0.1) is 0 Å². The lowest BCUT2D eigenvalue weighted by molar-refractivity contribution is -0.443. The van der Waals surface area contributed by atoms with E-state index in [-0.39, 0.29) is 45.4 Å². The van der Waals surface area contributed by atoms with Crippen molar-refractivity contribution in [3.63, 3.8) is 0 Å². The number of hydrogen-bond acceptors (Lipinski definition) is 19. The van der Waals surface area contributed by atoms with Crippen LogP contribution in [0.15, 0.2) is 240 Å². The number of non-ortho nitro benzene ring substituents is 2. The van der Waals surface area contributed by atoms with E-state index in [0.717, 1.165) is 96.0 Å². The van der Waals surface area contributed by atoms with Crippen molar-refractivity contribution in [3.8, 4) is 0 Å². The summed E-state index contributed by atoms with van der Waals surface area (Å²) in [7, 11) is -4.39. The number of nitrogens with one attached hydrogen (secondary N) is 1. The highest BCUT2D eigenvalue weighted by molar-refractivity contribution is 7.85. The number of para-hydroxylation sites is 2. The van der Waals surface area contributed by atoms with E-state index in [0.29, 0.717) is 125 Å². The fourth-order valence-electron chi connectivity index (χ4n) is 16.5. The minimum atomic E-state index is -4.39. The van der Waals surface area contributed by atoms with Crippen LogP contribution in [0.2, 0.25) is 0 Å². The van der Waals surface area contributed by atoms with Crippen LogP contribution < -0.4 is 10.2 Å². The van der Waals surface area contributed by atoms with Crippen LogP contribution in [0.3, 0.4) is 0 Å². The topological polar surface area (TPSA) is 326 Å². The Balaban J connectivity index is 0.000000232. The van der Waals surface area contributed by atoms with Crippen molar-refractivity contribution in [2.75, 3.05) is 129 Å². The van der Waals surface area contributed by atoms with Gasteiger partial charge in [-0.3, -0.25) is 39.4 Å². The molecule has 0 amide bonds. The fraction of sp³-hybridized carbons (Fsp3) is 0.421. The lowest BCUT2D eigenvalue weighted by Gasteiger charge is -2.27. The summed E-state index contributed by atoms with van der Waals surface area (Å²) in [5.74, 6) is -1.51. The van der Waals surface area contributed by atoms with Crippen molar-refractivity contribution in [3.05, 3.63) is 301 Å². The number of allylic oxidation sites excluding steroid dienone is 7. The number of carboxylic acids is 2. The number of benzene rings is 8. The Kier molecular flexibility index (Phi) is 42.0. The van der Waals surface area contributed by atoms with E-state index in [1.807, 2.05) is 111 Å². The maximum absolute atomic E-state index is 12.1. The van der Waals surface area contributed by atoms with Crippen molar-refractivity contribution in [1.82, 2.24) is 0 Å². The van der Waals surface area contributed by atoms with Crippen molar-refractivity contribution in [2.45, 2.75) is 181 Å². The zero-order valence-electron chi connectivity index (χ0n) is 80.7. The maximum Gasteiger partial charge on any atom is 0.303 e. The monoisotopic (exact) mass is 1870 g/mol. The second-order valence-corrected chi connectivity index (χ2v) is 37.1. The van der Waals surface area contributed by atoms with Crippen LogP contribution in [-0.4, -0.2) is 201 Å². The smallest absolute Gasteiger partial charge is 0.303 e. The van der Waals surface area contributed by atoms with Gasteiger partial charge in [0.1, 0.15) is 19.7 Å². The van der Waals surface area contributed by atoms with Crippen LogP contribution >= 0.6 is 0 Å². The predicted octanol–water partition coefficient (Wildman–Crippen LogP) is 20.8. The number of nitrogens with zero attached hydrogens (tertiary/aromatic N) is 7. The summed E-state index contributed by atoms with van der Waals surface area (Å²) >= 11 is 0. The molecule has 0 radical (unpaired) electrons. The van der Waals surface area contributed by atoms with Gasteiger partial charge >= 0.3 is 11.9 Å². The van der Waals surface area contributed by atoms with Crippen molar-refractivity contribution in [2.24, 2.45) is 4.99 Å². The van der Waals surface area contributed by atoms with E-state index < -0.39 is 37.3 Å². The Bertz CT molecular complexity index is 5630. The molecule has 12 rings (SSSR count). The second-order valence-electron chi connectivity index (χ2n) is 35.7. The van der Waals surface area contributed by atoms with Gasteiger partial charge in [0.05, 0.1) is 136 Å². The molecule has 0 atom stereocenters. The van der Waals surface area contributed by atoms with Gasteiger partial charge < -0.3 is 58.3 Å². The molecule has 4 aliphatic rings. The standard InChI is InChI=1S/C47H59N3O11S.C27H37N2O6.C18H25NO2.C15H14N2/c1-35-15-21-41-39(32-35)46(2,3)44(49(41)24-25-58-26-27-59-28-29-60-30-31-61-34-36-16-18-37(19-17-36)50(53)54)13-9-6-8-12-43-47(4,5)40-33-38(62(55,56)57)20-22-42(40)48(43)23-11-7-10-14-45(51)52;1-21-5-10-26-25(19-21)27(3,4)22(2)28(26)11-12-32-13-14-33-15-16-34-17-18-35-20-23-6-8-24(9-7-23)29(30)31;1-13-9-10-16-15(12-13)18(3,4)14(2)19(16)11-7-5-6-8-17(20)21;1-3-8-14(9-4-1)16-12-7-13-17-15-10-5-2-6-11-15/h6,8-9,12-13,15-22,32-33H,7,10-11,14,23-31,34H2,1-5H3,(H-,51,52,55,56,57);5-10,19H,11-18,20H2,1-4H3;9-10,12H,5-8,11H2,1-4H3;1-13,16H/q;+1;;/p+2/b;;;12-7+,17-13?. The van der Waals surface area contributed by atoms with Gasteiger partial charge in [-0.05, 0) is 196 Å². The minimum absolute atomic E-state index is 0.0419. The van der Waals surface area contributed by atoms with Gasteiger partial charge in [0.15, 0.2) is 23.7 Å². The third-order valence-corrected chi connectivity index (χ3v) is 25.4. The van der Waals surface area contributed by atoms with Gasteiger partial charge in [0.2, 0.25) is 17.1 Å². The number of unbranched alkanes of at least 4 members (excludes halogenated alkanes) is 4. The van der Waals surface area contributed by atoms with Gasteiger partial charge in [0, 0.05) is 146 Å². The normalized spacial score (nSPS) is 15.1. The number of ether oxygens (including phenoxy) is 8. The molecule has 28 heteroatoms. The Hall–Kier alpha value is -11.7.